The number of amides is 2. The maximum atomic E-state index is 13.4. The minimum Gasteiger partial charge on any atom is -0.507 e. The molecular formula is C23H21FN4O5. The fourth-order valence-electron chi connectivity index (χ4n) is 4.79. The Balaban J connectivity index is 0.000000821. The van der Waals surface area contributed by atoms with Gasteiger partial charge in [0, 0.05) is 37.1 Å². The summed E-state index contributed by atoms with van der Waals surface area (Å²) in [6, 6.07) is 10.2. The van der Waals surface area contributed by atoms with Crippen LogP contribution in [-0.4, -0.2) is 49.7 Å². The van der Waals surface area contributed by atoms with Crippen molar-refractivity contribution in [2.24, 2.45) is 7.05 Å². The van der Waals surface area contributed by atoms with E-state index in [-0.39, 0.29) is 17.9 Å². The fraction of sp³-hybridized carbons (Fsp3) is 0.217. The monoisotopic (exact) mass is 452 g/mol. The number of fused-ring (bicyclic) bond motifs is 2. The van der Waals surface area contributed by atoms with E-state index in [2.05, 4.69) is 10.4 Å². The Morgan fingerprint density at radius 2 is 2.03 bits per heavy atom. The van der Waals surface area contributed by atoms with Crippen LogP contribution < -0.4 is 5.32 Å². The van der Waals surface area contributed by atoms with Crippen molar-refractivity contribution in [1.82, 2.24) is 14.7 Å². The zero-order valence-electron chi connectivity index (χ0n) is 17.6. The second kappa shape index (κ2) is 8.38. The first-order valence-corrected chi connectivity index (χ1v) is 10.1. The van der Waals surface area contributed by atoms with Crippen molar-refractivity contribution in [2.75, 3.05) is 11.9 Å². The second-order valence-electron chi connectivity index (χ2n) is 7.84. The number of benzene rings is 2. The van der Waals surface area contributed by atoms with Crippen LogP contribution in [0.5, 0.6) is 5.75 Å². The lowest BCUT2D eigenvalue weighted by Crippen LogP contribution is -2.42. The fourth-order valence-corrected chi connectivity index (χ4v) is 4.79. The van der Waals surface area contributed by atoms with Crippen LogP contribution in [0.15, 0.2) is 54.9 Å². The standard InChI is InChI=1S/C22H19FN4O3.CH2O2/c1-26-12-13(11-24-26)19-22(16-4-2-3-5-17(16)25-21(22)30)8-9-27(19)20(29)15-7-6-14(23)10-18(15)28;2-1-3/h2-7,10-12,19,28H,8-9H2,1H3,(H,25,30);1H,(H,2,3). The average molecular weight is 452 g/mol. The van der Waals surface area contributed by atoms with Crippen molar-refractivity contribution in [2.45, 2.75) is 17.9 Å². The predicted molar refractivity (Wildman–Crippen MR) is 115 cm³/mol. The van der Waals surface area contributed by atoms with Gasteiger partial charge in [0.1, 0.15) is 17.0 Å². The number of carbonyl (C=O) groups excluding carboxylic acids is 2. The molecule has 2 atom stereocenters. The van der Waals surface area contributed by atoms with Gasteiger partial charge in [-0.1, -0.05) is 18.2 Å². The van der Waals surface area contributed by atoms with Gasteiger partial charge in [0.2, 0.25) is 5.91 Å². The van der Waals surface area contributed by atoms with E-state index < -0.39 is 28.9 Å². The van der Waals surface area contributed by atoms with Crippen molar-refractivity contribution in [1.29, 1.82) is 0 Å². The highest BCUT2D eigenvalue weighted by atomic mass is 19.1. The summed E-state index contributed by atoms with van der Waals surface area (Å²) < 4.78 is 15.1. The number of phenolic OH excluding ortho intramolecular Hbond substituents is 1. The topological polar surface area (TPSA) is 125 Å². The number of aromatic hydroxyl groups is 1. The van der Waals surface area contributed by atoms with E-state index in [1.807, 2.05) is 24.3 Å². The molecule has 1 spiro atoms. The molecule has 1 fully saturated rings. The van der Waals surface area contributed by atoms with Gasteiger partial charge < -0.3 is 20.4 Å². The Morgan fingerprint density at radius 3 is 2.70 bits per heavy atom. The van der Waals surface area contributed by atoms with E-state index in [1.54, 1.807) is 29.0 Å². The molecule has 1 saturated heterocycles. The molecule has 0 aliphatic carbocycles. The molecule has 0 radical (unpaired) electrons. The highest BCUT2D eigenvalue weighted by Crippen LogP contribution is 2.55. The van der Waals surface area contributed by atoms with Crippen LogP contribution in [0.3, 0.4) is 0 Å². The zero-order valence-corrected chi connectivity index (χ0v) is 17.6. The van der Waals surface area contributed by atoms with E-state index >= 15 is 0 Å². The molecule has 2 aromatic carbocycles. The van der Waals surface area contributed by atoms with Crippen LogP contribution in [0.25, 0.3) is 0 Å². The van der Waals surface area contributed by atoms with Crippen LogP contribution in [0.1, 0.15) is 33.9 Å². The number of likely N-dealkylation sites (tertiary alicyclic amines) is 1. The lowest BCUT2D eigenvalue weighted by atomic mass is 9.73. The van der Waals surface area contributed by atoms with E-state index in [9.17, 15) is 19.1 Å². The third-order valence-electron chi connectivity index (χ3n) is 6.08. The van der Waals surface area contributed by atoms with Gasteiger partial charge >= 0.3 is 0 Å². The summed E-state index contributed by atoms with van der Waals surface area (Å²) in [5.74, 6) is -1.69. The third-order valence-corrected chi connectivity index (χ3v) is 6.08. The van der Waals surface area contributed by atoms with Crippen LogP contribution in [0.4, 0.5) is 10.1 Å². The summed E-state index contributed by atoms with van der Waals surface area (Å²) in [6.07, 6.45) is 3.86. The van der Waals surface area contributed by atoms with E-state index in [0.717, 1.165) is 28.9 Å². The largest absolute Gasteiger partial charge is 0.507 e. The molecule has 2 amide bonds. The number of phenols is 1. The number of para-hydroxylation sites is 1. The number of hydrogen-bond donors (Lipinski definition) is 3. The Hall–Kier alpha value is -4.21. The van der Waals surface area contributed by atoms with Crippen molar-refractivity contribution < 1.29 is 29.0 Å². The molecule has 2 aliphatic heterocycles. The number of nitrogens with zero attached hydrogens (tertiary/aromatic N) is 3. The van der Waals surface area contributed by atoms with Gasteiger partial charge in [0.15, 0.2) is 0 Å². The minimum absolute atomic E-state index is 0.00553. The summed E-state index contributed by atoms with van der Waals surface area (Å²) in [5, 5.41) is 24.2. The van der Waals surface area contributed by atoms with Gasteiger partial charge in [-0.2, -0.15) is 5.10 Å². The maximum Gasteiger partial charge on any atom is 0.290 e. The number of halogens is 1. The number of carboxylic acid groups (broad SMARTS) is 1. The molecule has 9 nitrogen and oxygen atoms in total. The summed E-state index contributed by atoms with van der Waals surface area (Å²) in [6.45, 7) is 0.0525. The van der Waals surface area contributed by atoms with Crippen LogP contribution in [-0.2, 0) is 22.1 Å². The lowest BCUT2D eigenvalue weighted by Gasteiger charge is -2.33. The van der Waals surface area contributed by atoms with E-state index in [1.165, 1.54) is 6.07 Å². The van der Waals surface area contributed by atoms with Gasteiger partial charge in [0.25, 0.3) is 12.4 Å². The summed E-state index contributed by atoms with van der Waals surface area (Å²) in [5.41, 5.74) is 1.31. The predicted octanol–water partition coefficient (Wildman–Crippen LogP) is 2.44. The minimum atomic E-state index is -0.967. The van der Waals surface area contributed by atoms with Crippen molar-refractivity contribution in [3.05, 3.63) is 77.4 Å². The molecule has 3 N–H and O–H groups in total. The van der Waals surface area contributed by atoms with Gasteiger partial charge in [0.05, 0.1) is 17.8 Å². The van der Waals surface area contributed by atoms with Crippen molar-refractivity contribution in [3.8, 4) is 5.75 Å². The Bertz CT molecular complexity index is 1240. The number of hydrogen-bond acceptors (Lipinski definition) is 5. The lowest BCUT2D eigenvalue weighted by molar-refractivity contribution is -0.123. The first kappa shape index (κ1) is 22.0. The molecule has 33 heavy (non-hydrogen) atoms. The molecule has 2 aliphatic rings. The number of carbonyl (C=O) groups is 3. The molecule has 5 rings (SSSR count). The average Bonchev–Trinajstić information content (AvgIpc) is 3.45. The molecule has 3 heterocycles. The Kier molecular flexibility index (Phi) is 5.59. The molecule has 10 heteroatoms. The number of anilines is 1. The van der Waals surface area contributed by atoms with Gasteiger partial charge in [-0.05, 0) is 30.2 Å². The molecule has 0 saturated carbocycles. The molecule has 170 valence electrons. The Labute approximate surface area is 188 Å². The SMILES string of the molecule is Cn1cc(C2N(C(=O)c3ccc(F)cc3O)CCC23C(=O)Nc2ccccc23)cn1.O=CO. The summed E-state index contributed by atoms with van der Waals surface area (Å²) in [7, 11) is 1.77. The normalized spacial score (nSPS) is 20.7. The quantitative estimate of drug-likeness (QED) is 0.513. The highest BCUT2D eigenvalue weighted by molar-refractivity contribution is 6.08. The molecular weight excluding hydrogens is 431 g/mol. The molecule has 2 unspecified atom stereocenters. The first-order chi connectivity index (χ1) is 15.8. The van der Waals surface area contributed by atoms with Crippen molar-refractivity contribution >= 4 is 24.0 Å². The number of nitrogens with one attached hydrogen (secondary N) is 1. The smallest absolute Gasteiger partial charge is 0.290 e. The summed E-state index contributed by atoms with van der Waals surface area (Å²) >= 11 is 0. The number of rotatable bonds is 2. The van der Waals surface area contributed by atoms with Crippen LogP contribution in [0.2, 0.25) is 0 Å². The van der Waals surface area contributed by atoms with Crippen LogP contribution >= 0.6 is 0 Å². The summed E-state index contributed by atoms with van der Waals surface area (Å²) in [4.78, 5) is 36.6. The zero-order chi connectivity index (χ0) is 23.8. The first-order valence-electron chi connectivity index (χ1n) is 10.1. The van der Waals surface area contributed by atoms with Gasteiger partial charge in [-0.3, -0.25) is 19.1 Å². The Morgan fingerprint density at radius 1 is 1.30 bits per heavy atom. The van der Waals surface area contributed by atoms with E-state index in [0.29, 0.717) is 13.0 Å². The second-order valence-corrected chi connectivity index (χ2v) is 7.84. The molecule has 3 aromatic rings. The maximum absolute atomic E-state index is 13.4. The third kappa shape index (κ3) is 3.49. The molecule has 1 aromatic heterocycles. The van der Waals surface area contributed by atoms with Gasteiger partial charge in [-0.15, -0.1) is 0 Å². The van der Waals surface area contributed by atoms with Crippen molar-refractivity contribution in [3.63, 3.8) is 0 Å². The number of aryl methyl sites for hydroxylation is 1. The van der Waals surface area contributed by atoms with Crippen LogP contribution in [0, 0.1) is 5.82 Å². The highest BCUT2D eigenvalue weighted by Gasteiger charge is 2.59. The molecule has 0 bridgehead atoms. The number of aromatic nitrogens is 2. The van der Waals surface area contributed by atoms with Gasteiger partial charge in [-0.25, -0.2) is 4.39 Å². The van der Waals surface area contributed by atoms with E-state index in [4.69, 9.17) is 9.90 Å².